The van der Waals surface area contributed by atoms with Gasteiger partial charge in [0.15, 0.2) is 0 Å². The number of benzene rings is 1. The molecule has 2 N–H and O–H groups in total. The molecule has 5 nitrogen and oxygen atoms in total. The number of nitrogens with one attached hydrogen (secondary N) is 2. The Morgan fingerprint density at radius 1 is 1.07 bits per heavy atom. The molecule has 0 bridgehead atoms. The van der Waals surface area contributed by atoms with E-state index in [0.29, 0.717) is 5.56 Å². The number of carbonyl (C=O) groups is 2. The first-order valence-electron chi connectivity index (χ1n) is 9.80. The second-order valence-corrected chi connectivity index (χ2v) is 8.70. The summed E-state index contributed by atoms with van der Waals surface area (Å²) in [7, 11) is 0. The van der Waals surface area contributed by atoms with Crippen molar-refractivity contribution in [3.63, 3.8) is 0 Å². The van der Waals surface area contributed by atoms with Crippen molar-refractivity contribution in [1.29, 1.82) is 0 Å². The fourth-order valence-corrected chi connectivity index (χ4v) is 3.48. The molecule has 8 heteroatoms. The number of hydrogen-bond donors (Lipinski definition) is 2. The van der Waals surface area contributed by atoms with Crippen molar-refractivity contribution in [1.82, 2.24) is 5.32 Å². The summed E-state index contributed by atoms with van der Waals surface area (Å²) in [5.41, 5.74) is -0.741. The smallest absolute Gasteiger partial charge is 0.416 e. The average Bonchev–Trinajstić information content (AvgIpc) is 2.53. The molecule has 1 aromatic rings. The van der Waals surface area contributed by atoms with Crippen molar-refractivity contribution in [2.24, 2.45) is 5.92 Å². The lowest BCUT2D eigenvalue weighted by molar-refractivity contribution is -0.137. The second kappa shape index (κ2) is 9.05. The topological polar surface area (TPSA) is 67.4 Å². The van der Waals surface area contributed by atoms with Gasteiger partial charge >= 0.3 is 12.3 Å². The first kappa shape index (κ1) is 23.0. The van der Waals surface area contributed by atoms with Crippen LogP contribution in [-0.4, -0.2) is 23.6 Å². The zero-order valence-corrected chi connectivity index (χ0v) is 17.3. The molecular weight excluding hydrogens is 385 g/mol. The maximum Gasteiger partial charge on any atom is 0.416 e. The van der Waals surface area contributed by atoms with Gasteiger partial charge in [-0.2, -0.15) is 13.2 Å². The van der Waals surface area contributed by atoms with Crippen LogP contribution in [0.15, 0.2) is 18.2 Å². The molecule has 1 aromatic carbocycles. The normalized spacial score (nSPS) is 20.1. The van der Waals surface area contributed by atoms with Crippen LogP contribution in [0.2, 0.25) is 0 Å². The highest BCUT2D eigenvalue weighted by atomic mass is 19.4. The number of anilines is 1. The minimum Gasteiger partial charge on any atom is -0.444 e. The van der Waals surface area contributed by atoms with Crippen molar-refractivity contribution in [3.05, 3.63) is 29.3 Å². The quantitative estimate of drug-likeness (QED) is 0.691. The molecule has 0 atom stereocenters. The third kappa shape index (κ3) is 7.95. The maximum atomic E-state index is 12.9. The summed E-state index contributed by atoms with van der Waals surface area (Å²) in [6, 6.07) is 3.53. The Labute approximate surface area is 169 Å². The molecule has 1 saturated carbocycles. The molecule has 1 aliphatic rings. The highest BCUT2D eigenvalue weighted by molar-refractivity contribution is 5.91. The summed E-state index contributed by atoms with van der Waals surface area (Å²) in [6.45, 7) is 6.96. The van der Waals surface area contributed by atoms with Gasteiger partial charge in [-0.25, -0.2) is 4.79 Å². The van der Waals surface area contributed by atoms with Gasteiger partial charge in [0.25, 0.3) is 0 Å². The molecule has 1 aliphatic carbocycles. The summed E-state index contributed by atoms with van der Waals surface area (Å²) in [5, 5.41) is 5.43. The highest BCUT2D eigenvalue weighted by Gasteiger charge is 2.31. The Bertz CT molecular complexity index is 734. The van der Waals surface area contributed by atoms with Gasteiger partial charge in [0.05, 0.1) is 5.56 Å². The van der Waals surface area contributed by atoms with Gasteiger partial charge in [0.1, 0.15) is 5.60 Å². The second-order valence-electron chi connectivity index (χ2n) is 8.70. The van der Waals surface area contributed by atoms with Gasteiger partial charge in [0, 0.05) is 18.2 Å². The predicted octanol–water partition coefficient (Wildman–Crippen LogP) is 5.43. The summed E-state index contributed by atoms with van der Waals surface area (Å²) in [4.78, 5) is 24.1. The number of rotatable bonds is 4. The molecular formula is C21H29F3N2O3. The molecule has 1 fully saturated rings. The number of hydrogen-bond acceptors (Lipinski definition) is 3. The van der Waals surface area contributed by atoms with E-state index < -0.39 is 23.4 Å². The molecule has 0 aromatic heterocycles. The lowest BCUT2D eigenvalue weighted by atomic mass is 9.84. The minimum atomic E-state index is -4.45. The number of amides is 2. The van der Waals surface area contributed by atoms with Crippen LogP contribution in [0, 0.1) is 12.8 Å². The van der Waals surface area contributed by atoms with Crippen LogP contribution in [0.3, 0.4) is 0 Å². The third-order valence-corrected chi connectivity index (χ3v) is 4.73. The minimum absolute atomic E-state index is 0.00952. The number of ether oxygens (including phenoxy) is 1. The summed E-state index contributed by atoms with van der Waals surface area (Å²) < 4.78 is 44.0. The van der Waals surface area contributed by atoms with E-state index in [4.69, 9.17) is 4.74 Å². The van der Waals surface area contributed by atoms with E-state index in [0.717, 1.165) is 37.8 Å². The predicted molar refractivity (Wildman–Crippen MR) is 105 cm³/mol. The molecule has 162 valence electrons. The van der Waals surface area contributed by atoms with Gasteiger partial charge in [-0.15, -0.1) is 0 Å². The monoisotopic (exact) mass is 414 g/mol. The molecule has 0 saturated heterocycles. The largest absolute Gasteiger partial charge is 0.444 e. The van der Waals surface area contributed by atoms with Gasteiger partial charge < -0.3 is 15.4 Å². The fourth-order valence-electron chi connectivity index (χ4n) is 3.48. The number of alkyl halides is 3. The Hall–Kier alpha value is -2.25. The highest BCUT2D eigenvalue weighted by Crippen LogP contribution is 2.32. The number of alkyl carbamates (subject to hydrolysis) is 1. The first-order valence-corrected chi connectivity index (χ1v) is 9.80. The third-order valence-electron chi connectivity index (χ3n) is 4.73. The SMILES string of the molecule is Cc1cc(NC(=O)C[C@H]2CC[C@H](NC(=O)OC(C)(C)C)CC2)cc(C(F)(F)F)c1. The van der Waals surface area contributed by atoms with Crippen molar-refractivity contribution < 1.29 is 27.5 Å². The van der Waals surface area contributed by atoms with Crippen molar-refractivity contribution in [2.75, 3.05) is 5.32 Å². The van der Waals surface area contributed by atoms with Crippen LogP contribution >= 0.6 is 0 Å². The van der Waals surface area contributed by atoms with E-state index >= 15 is 0 Å². The molecule has 2 amide bonds. The Balaban J connectivity index is 1.82. The van der Waals surface area contributed by atoms with E-state index in [9.17, 15) is 22.8 Å². The van der Waals surface area contributed by atoms with Crippen LogP contribution in [0.25, 0.3) is 0 Å². The molecule has 0 radical (unpaired) electrons. The molecule has 0 heterocycles. The van der Waals surface area contributed by atoms with Gasteiger partial charge in [-0.3, -0.25) is 4.79 Å². The maximum absolute atomic E-state index is 12.9. The molecule has 29 heavy (non-hydrogen) atoms. The Morgan fingerprint density at radius 2 is 1.69 bits per heavy atom. The average molecular weight is 414 g/mol. The Kier molecular flexibility index (Phi) is 7.19. The summed E-state index contributed by atoms with van der Waals surface area (Å²) in [6.07, 6.45) is -1.66. The molecule has 0 aliphatic heterocycles. The van der Waals surface area contributed by atoms with Crippen molar-refractivity contribution >= 4 is 17.7 Å². The van der Waals surface area contributed by atoms with E-state index in [1.54, 1.807) is 27.7 Å². The van der Waals surface area contributed by atoms with Crippen LogP contribution in [0.1, 0.15) is 64.0 Å². The van der Waals surface area contributed by atoms with Crippen molar-refractivity contribution in [3.8, 4) is 0 Å². The molecule has 0 spiro atoms. The summed E-state index contributed by atoms with van der Waals surface area (Å²) >= 11 is 0. The van der Waals surface area contributed by atoms with Crippen LogP contribution in [0.4, 0.5) is 23.7 Å². The standard InChI is InChI=1S/C21H29F3N2O3/c1-13-9-15(21(22,23)24)12-17(10-13)25-18(27)11-14-5-7-16(8-6-14)26-19(28)29-20(2,3)4/h9-10,12,14,16H,5-8,11H2,1-4H3,(H,25,27)(H,26,28)/t14-,16-. The van der Waals surface area contributed by atoms with E-state index in [2.05, 4.69) is 10.6 Å². The summed E-state index contributed by atoms with van der Waals surface area (Å²) in [5.74, 6) is -0.161. The fraction of sp³-hybridized carbons (Fsp3) is 0.619. The zero-order valence-electron chi connectivity index (χ0n) is 17.3. The van der Waals surface area contributed by atoms with Gasteiger partial charge in [0.2, 0.25) is 5.91 Å². The number of carbonyl (C=O) groups excluding carboxylic acids is 2. The van der Waals surface area contributed by atoms with Gasteiger partial charge in [-0.05, 0) is 83.1 Å². The number of aryl methyl sites for hydroxylation is 1. The van der Waals surface area contributed by atoms with Crippen molar-refractivity contribution in [2.45, 2.75) is 77.6 Å². The Morgan fingerprint density at radius 3 is 2.24 bits per heavy atom. The zero-order chi connectivity index (χ0) is 21.8. The number of halogens is 3. The van der Waals surface area contributed by atoms with E-state index in [-0.39, 0.29) is 30.0 Å². The van der Waals surface area contributed by atoms with E-state index in [1.807, 2.05) is 0 Å². The van der Waals surface area contributed by atoms with Crippen LogP contribution in [-0.2, 0) is 15.7 Å². The first-order chi connectivity index (χ1) is 13.3. The molecule has 2 rings (SSSR count). The lowest BCUT2D eigenvalue weighted by Crippen LogP contribution is -2.41. The van der Waals surface area contributed by atoms with Gasteiger partial charge in [-0.1, -0.05) is 0 Å². The van der Waals surface area contributed by atoms with Crippen LogP contribution in [0.5, 0.6) is 0 Å². The van der Waals surface area contributed by atoms with E-state index in [1.165, 1.54) is 6.07 Å². The lowest BCUT2D eigenvalue weighted by Gasteiger charge is -2.29. The van der Waals surface area contributed by atoms with Crippen LogP contribution < -0.4 is 10.6 Å². The molecule has 0 unspecified atom stereocenters.